The Morgan fingerprint density at radius 1 is 1.39 bits per heavy atom. The Labute approximate surface area is 108 Å². The third kappa shape index (κ3) is 3.42. The molecule has 0 radical (unpaired) electrons. The van der Waals surface area contributed by atoms with Gasteiger partial charge in [0, 0.05) is 26.2 Å². The normalized spacial score (nSPS) is 37.2. The molecule has 2 saturated heterocycles. The van der Waals surface area contributed by atoms with Crippen molar-refractivity contribution in [1.29, 1.82) is 0 Å². The van der Waals surface area contributed by atoms with Crippen molar-refractivity contribution in [3.8, 4) is 0 Å². The number of rotatable bonds is 5. The van der Waals surface area contributed by atoms with Gasteiger partial charge in [0.15, 0.2) is 0 Å². The van der Waals surface area contributed by atoms with Crippen LogP contribution in [-0.4, -0.2) is 56.8 Å². The highest BCUT2D eigenvalue weighted by molar-refractivity contribution is 7.89. The SMILES string of the molecule is CC1OCCC1(O)CNS(=O)(=O)CC1CCCO1. The van der Waals surface area contributed by atoms with Gasteiger partial charge in [0.1, 0.15) is 5.60 Å². The second kappa shape index (κ2) is 5.42. The molecule has 7 heteroatoms. The summed E-state index contributed by atoms with van der Waals surface area (Å²) in [5.41, 5.74) is -1.09. The zero-order chi connectivity index (χ0) is 13.2. The number of hydrogen-bond donors (Lipinski definition) is 2. The monoisotopic (exact) mass is 279 g/mol. The van der Waals surface area contributed by atoms with Crippen LogP contribution in [0.4, 0.5) is 0 Å². The summed E-state index contributed by atoms with van der Waals surface area (Å²) < 4.78 is 36.7. The van der Waals surface area contributed by atoms with Crippen molar-refractivity contribution in [2.24, 2.45) is 0 Å². The van der Waals surface area contributed by atoms with Crippen LogP contribution < -0.4 is 4.72 Å². The van der Waals surface area contributed by atoms with Crippen molar-refractivity contribution in [3.63, 3.8) is 0 Å². The first-order valence-electron chi connectivity index (χ1n) is 6.34. The molecule has 106 valence electrons. The van der Waals surface area contributed by atoms with Crippen LogP contribution in [0.3, 0.4) is 0 Å². The summed E-state index contributed by atoms with van der Waals surface area (Å²) in [6.45, 7) is 2.85. The fourth-order valence-electron chi connectivity index (χ4n) is 2.32. The number of hydrogen-bond acceptors (Lipinski definition) is 5. The maximum Gasteiger partial charge on any atom is 0.214 e. The van der Waals surface area contributed by atoms with Crippen molar-refractivity contribution >= 4 is 10.0 Å². The summed E-state index contributed by atoms with van der Waals surface area (Å²) in [5, 5.41) is 10.2. The van der Waals surface area contributed by atoms with Gasteiger partial charge in [-0.25, -0.2) is 13.1 Å². The van der Waals surface area contributed by atoms with Gasteiger partial charge in [0.25, 0.3) is 0 Å². The van der Waals surface area contributed by atoms with E-state index >= 15 is 0 Å². The molecule has 0 spiro atoms. The van der Waals surface area contributed by atoms with Crippen LogP contribution in [0.15, 0.2) is 0 Å². The molecule has 0 bridgehead atoms. The van der Waals surface area contributed by atoms with E-state index in [-0.39, 0.29) is 24.5 Å². The second-order valence-corrected chi connectivity index (χ2v) is 6.96. The van der Waals surface area contributed by atoms with E-state index < -0.39 is 15.6 Å². The lowest BCUT2D eigenvalue weighted by Crippen LogP contribution is -2.48. The molecule has 2 N–H and O–H groups in total. The van der Waals surface area contributed by atoms with E-state index in [1.54, 1.807) is 6.92 Å². The van der Waals surface area contributed by atoms with Crippen LogP contribution in [0.25, 0.3) is 0 Å². The van der Waals surface area contributed by atoms with Gasteiger partial charge in [-0.1, -0.05) is 0 Å². The van der Waals surface area contributed by atoms with Gasteiger partial charge >= 0.3 is 0 Å². The number of sulfonamides is 1. The smallest absolute Gasteiger partial charge is 0.214 e. The summed E-state index contributed by atoms with van der Waals surface area (Å²) >= 11 is 0. The van der Waals surface area contributed by atoms with Crippen LogP contribution in [-0.2, 0) is 19.5 Å². The van der Waals surface area contributed by atoms with Gasteiger partial charge in [-0.2, -0.15) is 0 Å². The average Bonchev–Trinajstić information content (AvgIpc) is 2.88. The van der Waals surface area contributed by atoms with Crippen LogP contribution in [0.2, 0.25) is 0 Å². The minimum atomic E-state index is -3.40. The summed E-state index contributed by atoms with van der Waals surface area (Å²) in [7, 11) is -3.40. The first-order valence-corrected chi connectivity index (χ1v) is 7.99. The Balaban J connectivity index is 1.84. The number of nitrogens with one attached hydrogen (secondary N) is 1. The lowest BCUT2D eigenvalue weighted by Gasteiger charge is -2.26. The van der Waals surface area contributed by atoms with Crippen molar-refractivity contribution in [1.82, 2.24) is 4.72 Å². The topological polar surface area (TPSA) is 84.9 Å². The van der Waals surface area contributed by atoms with E-state index in [1.165, 1.54) is 0 Å². The predicted molar refractivity (Wildman–Crippen MR) is 65.7 cm³/mol. The molecule has 0 aliphatic carbocycles. The van der Waals surface area contributed by atoms with E-state index in [0.717, 1.165) is 12.8 Å². The van der Waals surface area contributed by atoms with Crippen LogP contribution in [0.5, 0.6) is 0 Å². The molecule has 3 unspecified atom stereocenters. The van der Waals surface area contributed by atoms with Crippen molar-refractivity contribution < 1.29 is 23.0 Å². The lowest BCUT2D eigenvalue weighted by atomic mass is 9.97. The third-order valence-corrected chi connectivity index (χ3v) is 5.08. The van der Waals surface area contributed by atoms with Gasteiger partial charge in [0.05, 0.1) is 18.0 Å². The minimum absolute atomic E-state index is 0.00319. The second-order valence-electron chi connectivity index (χ2n) is 5.10. The molecule has 2 aliphatic rings. The van der Waals surface area contributed by atoms with Gasteiger partial charge < -0.3 is 14.6 Å². The fourth-order valence-corrected chi connectivity index (χ4v) is 3.66. The average molecular weight is 279 g/mol. The molecular formula is C11H21NO5S. The number of aliphatic hydroxyl groups is 1. The molecule has 0 aromatic rings. The van der Waals surface area contributed by atoms with Crippen molar-refractivity contribution in [3.05, 3.63) is 0 Å². The fraction of sp³-hybridized carbons (Fsp3) is 1.00. The third-order valence-electron chi connectivity index (χ3n) is 3.69. The van der Waals surface area contributed by atoms with Crippen molar-refractivity contribution in [2.75, 3.05) is 25.5 Å². The standard InChI is InChI=1S/C11H21NO5S/c1-9-11(13,4-6-16-9)8-12-18(14,15)7-10-3-2-5-17-10/h9-10,12-13H,2-8H2,1H3. The molecule has 2 heterocycles. The van der Waals surface area contributed by atoms with E-state index in [1.807, 2.05) is 0 Å². The Morgan fingerprint density at radius 2 is 2.17 bits per heavy atom. The van der Waals surface area contributed by atoms with Crippen LogP contribution in [0.1, 0.15) is 26.2 Å². The Morgan fingerprint density at radius 3 is 2.72 bits per heavy atom. The van der Waals surface area contributed by atoms with Gasteiger partial charge in [-0.05, 0) is 19.8 Å². The van der Waals surface area contributed by atoms with Crippen molar-refractivity contribution in [2.45, 2.75) is 44.0 Å². The molecular weight excluding hydrogens is 258 g/mol. The first-order chi connectivity index (χ1) is 8.41. The highest BCUT2D eigenvalue weighted by Crippen LogP contribution is 2.25. The van der Waals surface area contributed by atoms with Crippen LogP contribution >= 0.6 is 0 Å². The largest absolute Gasteiger partial charge is 0.386 e. The lowest BCUT2D eigenvalue weighted by molar-refractivity contribution is -0.0228. The van der Waals surface area contributed by atoms with E-state index in [4.69, 9.17) is 9.47 Å². The molecule has 6 nitrogen and oxygen atoms in total. The Hall–Kier alpha value is -0.210. The Kier molecular flexibility index (Phi) is 4.28. The van der Waals surface area contributed by atoms with E-state index in [9.17, 15) is 13.5 Å². The predicted octanol–water partition coefficient (Wildman–Crippen LogP) is -0.375. The maximum atomic E-state index is 11.8. The van der Waals surface area contributed by atoms with E-state index in [2.05, 4.69) is 4.72 Å². The van der Waals surface area contributed by atoms with Gasteiger partial charge in [0.2, 0.25) is 10.0 Å². The molecule has 0 saturated carbocycles. The zero-order valence-corrected chi connectivity index (χ0v) is 11.4. The molecule has 0 amide bonds. The summed E-state index contributed by atoms with van der Waals surface area (Å²) in [6.07, 6.45) is 1.59. The van der Waals surface area contributed by atoms with E-state index in [0.29, 0.717) is 19.6 Å². The van der Waals surface area contributed by atoms with Gasteiger partial charge in [-0.3, -0.25) is 0 Å². The molecule has 2 aliphatic heterocycles. The molecule has 3 atom stereocenters. The van der Waals surface area contributed by atoms with Gasteiger partial charge in [-0.15, -0.1) is 0 Å². The highest BCUT2D eigenvalue weighted by atomic mass is 32.2. The van der Waals surface area contributed by atoms with Crippen LogP contribution in [0, 0.1) is 0 Å². The molecule has 2 rings (SSSR count). The summed E-state index contributed by atoms with van der Waals surface area (Å²) in [4.78, 5) is 0. The quantitative estimate of drug-likeness (QED) is 0.717. The molecule has 0 aromatic carbocycles. The number of ether oxygens (including phenoxy) is 2. The highest BCUT2D eigenvalue weighted by Gasteiger charge is 2.40. The zero-order valence-electron chi connectivity index (χ0n) is 10.6. The molecule has 18 heavy (non-hydrogen) atoms. The Bertz CT molecular complexity index is 379. The first kappa shape index (κ1) is 14.2. The molecule has 0 aromatic heterocycles. The maximum absolute atomic E-state index is 11.8. The molecule has 2 fully saturated rings. The summed E-state index contributed by atoms with van der Waals surface area (Å²) in [6, 6.07) is 0. The minimum Gasteiger partial charge on any atom is -0.386 e. The summed E-state index contributed by atoms with van der Waals surface area (Å²) in [5.74, 6) is -0.0294.